The van der Waals surface area contributed by atoms with Crippen LogP contribution >= 0.6 is 40.7 Å². The summed E-state index contributed by atoms with van der Waals surface area (Å²) in [5.41, 5.74) is 1.58. The normalized spacial score (nSPS) is 13.5. The minimum absolute atomic E-state index is 0. The SMILES string of the molecule is Cl.Cl.N=C(NCCCN1CCCC1)NCc1cccc(OCBr)c1. The first kappa shape index (κ1) is 23.3. The summed E-state index contributed by atoms with van der Waals surface area (Å²) in [5, 5.41) is 14.1. The lowest BCUT2D eigenvalue weighted by atomic mass is 10.2. The lowest BCUT2D eigenvalue weighted by molar-refractivity contribution is 0.334. The van der Waals surface area contributed by atoms with Gasteiger partial charge in [-0.2, -0.15) is 0 Å². The fraction of sp³-hybridized carbons (Fsp3) is 0.562. The van der Waals surface area contributed by atoms with E-state index < -0.39 is 0 Å². The maximum atomic E-state index is 7.89. The second kappa shape index (κ2) is 13.6. The van der Waals surface area contributed by atoms with E-state index >= 15 is 0 Å². The number of likely N-dealkylation sites (tertiary alicyclic amines) is 1. The number of guanidine groups is 1. The third kappa shape index (κ3) is 8.97. The predicted molar refractivity (Wildman–Crippen MR) is 108 cm³/mol. The van der Waals surface area contributed by atoms with Crippen molar-refractivity contribution in [1.29, 1.82) is 5.41 Å². The Morgan fingerprint density at radius 1 is 1.21 bits per heavy atom. The minimum Gasteiger partial charge on any atom is -0.482 e. The quantitative estimate of drug-likeness (QED) is 0.250. The molecule has 0 aliphatic carbocycles. The number of halogens is 3. The number of hydrogen-bond acceptors (Lipinski definition) is 3. The van der Waals surface area contributed by atoms with Crippen LogP contribution in [0, 0.1) is 5.41 Å². The van der Waals surface area contributed by atoms with Crippen molar-refractivity contribution in [1.82, 2.24) is 15.5 Å². The fourth-order valence-corrected chi connectivity index (χ4v) is 2.85. The van der Waals surface area contributed by atoms with Crippen molar-refractivity contribution < 1.29 is 4.74 Å². The van der Waals surface area contributed by atoms with E-state index in [9.17, 15) is 0 Å². The van der Waals surface area contributed by atoms with Gasteiger partial charge in [-0.05, 0) is 72.5 Å². The Morgan fingerprint density at radius 2 is 1.96 bits per heavy atom. The molecule has 1 aliphatic heterocycles. The van der Waals surface area contributed by atoms with Gasteiger partial charge in [-0.15, -0.1) is 24.8 Å². The zero-order valence-corrected chi connectivity index (χ0v) is 16.9. The molecule has 1 aromatic rings. The van der Waals surface area contributed by atoms with Crippen molar-refractivity contribution in [2.75, 3.05) is 31.7 Å². The van der Waals surface area contributed by atoms with Crippen LogP contribution in [0.4, 0.5) is 0 Å². The molecular formula is C16H27BrCl2N4O. The summed E-state index contributed by atoms with van der Waals surface area (Å²) >= 11 is 3.25. The van der Waals surface area contributed by atoms with Gasteiger partial charge in [0.15, 0.2) is 5.96 Å². The molecule has 0 aromatic heterocycles. The molecule has 3 N–H and O–H groups in total. The van der Waals surface area contributed by atoms with Crippen molar-refractivity contribution in [3.8, 4) is 5.75 Å². The first-order valence-electron chi connectivity index (χ1n) is 7.84. The third-order valence-corrected chi connectivity index (χ3v) is 3.97. The van der Waals surface area contributed by atoms with E-state index in [4.69, 9.17) is 10.1 Å². The summed E-state index contributed by atoms with van der Waals surface area (Å²) in [6.45, 7) is 5.07. The molecule has 0 radical (unpaired) electrons. The van der Waals surface area contributed by atoms with Crippen LogP contribution in [0.1, 0.15) is 24.8 Å². The van der Waals surface area contributed by atoms with E-state index in [2.05, 4.69) is 31.5 Å². The topological polar surface area (TPSA) is 60.4 Å². The van der Waals surface area contributed by atoms with Gasteiger partial charge in [0.05, 0.1) is 0 Å². The molecule has 1 aliphatic rings. The van der Waals surface area contributed by atoms with E-state index in [0.29, 0.717) is 18.0 Å². The molecule has 0 spiro atoms. The van der Waals surface area contributed by atoms with E-state index in [1.165, 1.54) is 25.9 Å². The number of hydrogen-bond donors (Lipinski definition) is 3. The van der Waals surface area contributed by atoms with Gasteiger partial charge in [0.2, 0.25) is 0 Å². The van der Waals surface area contributed by atoms with Gasteiger partial charge in [-0.1, -0.05) is 12.1 Å². The maximum absolute atomic E-state index is 7.89. The summed E-state index contributed by atoms with van der Waals surface area (Å²) in [5.74, 6) is 1.22. The Morgan fingerprint density at radius 3 is 2.67 bits per heavy atom. The van der Waals surface area contributed by atoms with Crippen LogP contribution in [0.2, 0.25) is 0 Å². The molecule has 1 fully saturated rings. The number of rotatable bonds is 8. The molecular weight excluding hydrogens is 415 g/mol. The van der Waals surface area contributed by atoms with Crippen LogP contribution in [-0.4, -0.2) is 42.6 Å². The highest BCUT2D eigenvalue weighted by Crippen LogP contribution is 2.13. The molecule has 2 rings (SSSR count). The van der Waals surface area contributed by atoms with Gasteiger partial charge in [0.25, 0.3) is 0 Å². The molecule has 1 heterocycles. The van der Waals surface area contributed by atoms with Crippen molar-refractivity contribution in [3.05, 3.63) is 29.8 Å². The lowest BCUT2D eigenvalue weighted by Crippen LogP contribution is -2.37. The highest BCUT2D eigenvalue weighted by molar-refractivity contribution is 9.09. The highest BCUT2D eigenvalue weighted by atomic mass is 79.9. The third-order valence-electron chi connectivity index (χ3n) is 3.74. The number of nitrogens with one attached hydrogen (secondary N) is 3. The zero-order valence-electron chi connectivity index (χ0n) is 13.7. The van der Waals surface area contributed by atoms with E-state index in [1.807, 2.05) is 24.3 Å². The average molecular weight is 442 g/mol. The lowest BCUT2D eigenvalue weighted by Gasteiger charge is -2.15. The molecule has 24 heavy (non-hydrogen) atoms. The summed E-state index contributed by atoms with van der Waals surface area (Å²) in [7, 11) is 0. The van der Waals surface area contributed by atoms with Gasteiger partial charge in [-0.25, -0.2) is 0 Å². The molecule has 0 unspecified atom stereocenters. The smallest absolute Gasteiger partial charge is 0.188 e. The van der Waals surface area contributed by atoms with E-state index in [0.717, 1.165) is 30.8 Å². The van der Waals surface area contributed by atoms with Gasteiger partial charge in [0, 0.05) is 13.1 Å². The summed E-state index contributed by atoms with van der Waals surface area (Å²) < 4.78 is 5.40. The molecule has 0 atom stereocenters. The van der Waals surface area contributed by atoms with Gasteiger partial charge >= 0.3 is 0 Å². The largest absolute Gasteiger partial charge is 0.482 e. The number of ether oxygens (including phenoxy) is 1. The first-order valence-corrected chi connectivity index (χ1v) is 8.96. The molecule has 1 aromatic carbocycles. The Hall–Kier alpha value is -0.690. The average Bonchev–Trinajstić information content (AvgIpc) is 3.04. The molecule has 0 bridgehead atoms. The second-order valence-electron chi connectivity index (χ2n) is 5.46. The number of nitrogens with zero attached hydrogens (tertiary/aromatic N) is 1. The molecule has 138 valence electrons. The fourth-order valence-electron chi connectivity index (χ4n) is 2.58. The minimum atomic E-state index is 0. The van der Waals surface area contributed by atoms with Gasteiger partial charge < -0.3 is 20.3 Å². The summed E-state index contributed by atoms with van der Waals surface area (Å²) in [6, 6.07) is 7.89. The van der Waals surface area contributed by atoms with Crippen molar-refractivity contribution in [2.24, 2.45) is 0 Å². The van der Waals surface area contributed by atoms with Crippen LogP contribution in [0.5, 0.6) is 5.75 Å². The van der Waals surface area contributed by atoms with Gasteiger partial charge in [-0.3, -0.25) is 5.41 Å². The van der Waals surface area contributed by atoms with E-state index in [1.54, 1.807) is 0 Å². The van der Waals surface area contributed by atoms with Crippen LogP contribution in [0.3, 0.4) is 0 Å². The monoisotopic (exact) mass is 440 g/mol. The van der Waals surface area contributed by atoms with Crippen molar-refractivity contribution in [2.45, 2.75) is 25.8 Å². The molecule has 1 saturated heterocycles. The number of alkyl halides is 1. The molecule has 5 nitrogen and oxygen atoms in total. The Kier molecular flexibility index (Phi) is 13.2. The van der Waals surface area contributed by atoms with Crippen molar-refractivity contribution in [3.63, 3.8) is 0 Å². The standard InChI is InChI=1S/C16H25BrN4O.2ClH/c17-13-22-15-6-3-5-14(11-15)12-20-16(18)19-7-4-10-21-8-1-2-9-21;;/h3,5-6,11H,1-2,4,7-10,12-13H2,(H3,18,19,20);2*1H. The van der Waals surface area contributed by atoms with Crippen LogP contribution in [0.15, 0.2) is 24.3 Å². The number of benzene rings is 1. The predicted octanol–water partition coefficient (Wildman–Crippen LogP) is 3.36. The van der Waals surface area contributed by atoms with Crippen LogP contribution in [-0.2, 0) is 6.54 Å². The maximum Gasteiger partial charge on any atom is 0.188 e. The first-order chi connectivity index (χ1) is 10.8. The van der Waals surface area contributed by atoms with Crippen LogP contribution < -0.4 is 15.4 Å². The summed E-state index contributed by atoms with van der Waals surface area (Å²) in [6.07, 6.45) is 3.75. The Bertz CT molecular complexity index is 473. The Labute approximate surface area is 165 Å². The second-order valence-corrected chi connectivity index (χ2v) is 5.92. The summed E-state index contributed by atoms with van der Waals surface area (Å²) in [4.78, 5) is 2.49. The van der Waals surface area contributed by atoms with Gasteiger partial charge in [0.1, 0.15) is 11.3 Å². The molecule has 8 heteroatoms. The van der Waals surface area contributed by atoms with Crippen molar-refractivity contribution >= 4 is 46.7 Å². The Balaban J connectivity index is 0.00000264. The highest BCUT2D eigenvalue weighted by Gasteiger charge is 2.10. The molecule has 0 saturated carbocycles. The zero-order chi connectivity index (χ0) is 15.6. The van der Waals surface area contributed by atoms with E-state index in [-0.39, 0.29) is 24.8 Å². The molecule has 0 amide bonds. The van der Waals surface area contributed by atoms with Crippen LogP contribution in [0.25, 0.3) is 0 Å².